The summed E-state index contributed by atoms with van der Waals surface area (Å²) in [4.78, 5) is 37.6. The molecule has 0 spiro atoms. The first-order valence-electron chi connectivity index (χ1n) is 5.67. The van der Waals surface area contributed by atoms with Crippen molar-refractivity contribution < 1.29 is 34.5 Å². The number of benzene rings is 1. The minimum absolute atomic E-state index is 0.0430. The summed E-state index contributed by atoms with van der Waals surface area (Å²) < 4.78 is 0. The van der Waals surface area contributed by atoms with Crippen LogP contribution in [0.1, 0.15) is 15.9 Å². The number of carbonyl (C=O) groups is 3. The molecule has 0 bridgehead atoms. The summed E-state index contributed by atoms with van der Waals surface area (Å²) in [5, 5.41) is 27.0. The number of carboxylic acids is 2. The number of hydrogen-bond acceptors (Lipinski definition) is 5. The quantitative estimate of drug-likeness (QED) is 0.403. The Labute approximate surface area is 119 Å². The van der Waals surface area contributed by atoms with Crippen LogP contribution in [0.25, 0.3) is 0 Å². The predicted octanol–water partition coefficient (Wildman–Crippen LogP) is 0.801. The number of rotatable bonds is 6. The number of nitrogens with zero attached hydrogens (tertiary/aromatic N) is 1. The van der Waals surface area contributed by atoms with E-state index in [-0.39, 0.29) is 12.1 Å². The Morgan fingerprint density at radius 3 is 2.14 bits per heavy atom. The minimum atomic E-state index is -1.63. The molecule has 0 radical (unpaired) electrons. The average molecular weight is 295 g/mol. The van der Waals surface area contributed by atoms with Gasteiger partial charge in [-0.15, -0.1) is 0 Å². The van der Waals surface area contributed by atoms with Crippen molar-refractivity contribution >= 4 is 17.8 Å². The first-order valence-corrected chi connectivity index (χ1v) is 5.67. The average Bonchev–Trinajstić information content (AvgIpc) is 2.44. The standard InChI is InChI=1S/C13H13NO7/c1-21-14(11(16)6-10(15)13(19)20)7-8-2-4-9(5-3-8)12(17)18/h2-6,15H,7H2,1H3,(H,17,18)(H,19,20)/b10-6-. The minimum Gasteiger partial charge on any atom is -0.502 e. The molecule has 0 saturated carbocycles. The van der Waals surface area contributed by atoms with E-state index in [0.717, 1.165) is 5.06 Å². The maximum atomic E-state index is 11.7. The number of hydroxylamine groups is 2. The third-order valence-electron chi connectivity index (χ3n) is 2.47. The van der Waals surface area contributed by atoms with E-state index < -0.39 is 23.6 Å². The number of aliphatic hydroxyl groups is 1. The van der Waals surface area contributed by atoms with Crippen LogP contribution >= 0.6 is 0 Å². The molecule has 8 nitrogen and oxygen atoms in total. The van der Waals surface area contributed by atoms with Crippen LogP contribution < -0.4 is 0 Å². The normalized spacial score (nSPS) is 11.0. The van der Waals surface area contributed by atoms with Crippen LogP contribution in [0.2, 0.25) is 0 Å². The van der Waals surface area contributed by atoms with Gasteiger partial charge in [-0.1, -0.05) is 12.1 Å². The van der Waals surface area contributed by atoms with Gasteiger partial charge in [-0.3, -0.25) is 9.63 Å². The number of aliphatic carboxylic acids is 1. The molecular formula is C13H13NO7. The summed E-state index contributed by atoms with van der Waals surface area (Å²) in [6.07, 6.45) is 0.511. The first kappa shape index (κ1) is 16.2. The van der Waals surface area contributed by atoms with Gasteiger partial charge >= 0.3 is 11.9 Å². The lowest BCUT2D eigenvalue weighted by Gasteiger charge is -2.18. The summed E-state index contributed by atoms with van der Waals surface area (Å²) >= 11 is 0. The third kappa shape index (κ3) is 4.62. The van der Waals surface area contributed by atoms with Crippen molar-refractivity contribution in [1.82, 2.24) is 5.06 Å². The summed E-state index contributed by atoms with van der Waals surface area (Å²) in [6, 6.07) is 5.70. The number of aromatic carboxylic acids is 1. The number of hydrogen-bond donors (Lipinski definition) is 3. The number of aliphatic hydroxyl groups excluding tert-OH is 1. The fraction of sp³-hybridized carbons (Fsp3) is 0.154. The molecule has 0 fully saturated rings. The van der Waals surface area contributed by atoms with Gasteiger partial charge in [0.05, 0.1) is 25.3 Å². The highest BCUT2D eigenvalue weighted by Crippen LogP contribution is 2.09. The van der Waals surface area contributed by atoms with Gasteiger partial charge in [-0.05, 0) is 17.7 Å². The van der Waals surface area contributed by atoms with Crippen molar-refractivity contribution in [3.05, 3.63) is 47.2 Å². The lowest BCUT2D eigenvalue weighted by Crippen LogP contribution is -2.28. The van der Waals surface area contributed by atoms with Crippen molar-refractivity contribution in [2.45, 2.75) is 6.54 Å². The van der Waals surface area contributed by atoms with Gasteiger partial charge in [-0.25, -0.2) is 14.7 Å². The Morgan fingerprint density at radius 1 is 1.14 bits per heavy atom. The summed E-state index contributed by atoms with van der Waals surface area (Å²) in [7, 11) is 1.20. The van der Waals surface area contributed by atoms with Gasteiger partial charge in [0.15, 0.2) is 0 Å². The number of carboxylic acid groups (broad SMARTS) is 2. The van der Waals surface area contributed by atoms with Crippen LogP contribution in [-0.4, -0.2) is 45.3 Å². The summed E-state index contributed by atoms with van der Waals surface area (Å²) in [5.41, 5.74) is 0.663. The number of carbonyl (C=O) groups excluding carboxylic acids is 1. The molecule has 1 aromatic rings. The summed E-state index contributed by atoms with van der Waals surface area (Å²) in [5.74, 6) is -4.68. The maximum Gasteiger partial charge on any atom is 0.371 e. The van der Waals surface area contributed by atoms with Gasteiger partial charge < -0.3 is 15.3 Å². The molecule has 0 atom stereocenters. The summed E-state index contributed by atoms with van der Waals surface area (Å²) in [6.45, 7) is -0.0430. The van der Waals surface area contributed by atoms with Crippen molar-refractivity contribution in [2.75, 3.05) is 7.11 Å². The van der Waals surface area contributed by atoms with Crippen LogP contribution in [0.3, 0.4) is 0 Å². The fourth-order valence-electron chi connectivity index (χ4n) is 1.40. The second-order valence-corrected chi connectivity index (χ2v) is 3.89. The van der Waals surface area contributed by atoms with Crippen LogP contribution in [0, 0.1) is 0 Å². The van der Waals surface area contributed by atoms with Gasteiger partial charge in [0.25, 0.3) is 5.91 Å². The zero-order chi connectivity index (χ0) is 16.0. The molecule has 112 valence electrons. The molecule has 3 N–H and O–H groups in total. The maximum absolute atomic E-state index is 11.7. The Hall–Kier alpha value is -2.87. The zero-order valence-electron chi connectivity index (χ0n) is 11.0. The second-order valence-electron chi connectivity index (χ2n) is 3.89. The third-order valence-corrected chi connectivity index (χ3v) is 2.47. The monoisotopic (exact) mass is 295 g/mol. The Kier molecular flexibility index (Phi) is 5.44. The lowest BCUT2D eigenvalue weighted by atomic mass is 10.1. The van der Waals surface area contributed by atoms with Crippen LogP contribution in [0.4, 0.5) is 0 Å². The van der Waals surface area contributed by atoms with Gasteiger partial charge in [0.1, 0.15) is 0 Å². The van der Waals surface area contributed by atoms with Gasteiger partial charge in [0.2, 0.25) is 5.76 Å². The highest BCUT2D eigenvalue weighted by Gasteiger charge is 2.15. The van der Waals surface area contributed by atoms with Gasteiger partial charge in [0, 0.05) is 0 Å². The molecule has 0 heterocycles. The molecule has 0 aliphatic heterocycles. The van der Waals surface area contributed by atoms with E-state index in [0.29, 0.717) is 11.6 Å². The lowest BCUT2D eigenvalue weighted by molar-refractivity contribution is -0.173. The molecule has 1 rings (SSSR count). The molecule has 1 aromatic carbocycles. The smallest absolute Gasteiger partial charge is 0.371 e. The van der Waals surface area contributed by atoms with Crippen LogP contribution in [-0.2, 0) is 21.0 Å². The molecule has 0 unspecified atom stereocenters. The van der Waals surface area contributed by atoms with E-state index in [1.54, 1.807) is 0 Å². The number of amides is 1. The van der Waals surface area contributed by atoms with Crippen molar-refractivity contribution in [3.8, 4) is 0 Å². The molecule has 8 heteroatoms. The first-order chi connectivity index (χ1) is 9.85. The highest BCUT2D eigenvalue weighted by atomic mass is 16.7. The van der Waals surface area contributed by atoms with Crippen molar-refractivity contribution in [3.63, 3.8) is 0 Å². The van der Waals surface area contributed by atoms with Crippen LogP contribution in [0.5, 0.6) is 0 Å². The van der Waals surface area contributed by atoms with Gasteiger partial charge in [-0.2, -0.15) is 0 Å². The van der Waals surface area contributed by atoms with E-state index >= 15 is 0 Å². The van der Waals surface area contributed by atoms with E-state index in [1.807, 2.05) is 0 Å². The fourth-order valence-corrected chi connectivity index (χ4v) is 1.40. The molecular weight excluding hydrogens is 282 g/mol. The molecule has 0 aliphatic carbocycles. The molecule has 0 aliphatic rings. The predicted molar refractivity (Wildman–Crippen MR) is 69.3 cm³/mol. The molecule has 21 heavy (non-hydrogen) atoms. The highest BCUT2D eigenvalue weighted by molar-refractivity contribution is 5.95. The van der Waals surface area contributed by atoms with E-state index in [1.165, 1.54) is 31.4 Å². The Bertz CT molecular complexity index is 577. The SMILES string of the molecule is CON(Cc1ccc(C(=O)O)cc1)C(=O)/C=C(\O)C(=O)O. The van der Waals surface area contributed by atoms with E-state index in [4.69, 9.17) is 20.2 Å². The second kappa shape index (κ2) is 7.06. The van der Waals surface area contributed by atoms with Crippen molar-refractivity contribution in [2.24, 2.45) is 0 Å². The van der Waals surface area contributed by atoms with E-state index in [2.05, 4.69) is 0 Å². The van der Waals surface area contributed by atoms with E-state index in [9.17, 15) is 14.4 Å². The Morgan fingerprint density at radius 2 is 1.71 bits per heavy atom. The molecule has 0 saturated heterocycles. The largest absolute Gasteiger partial charge is 0.502 e. The Balaban J connectivity index is 2.82. The van der Waals surface area contributed by atoms with Crippen LogP contribution in [0.15, 0.2) is 36.1 Å². The van der Waals surface area contributed by atoms with Crippen molar-refractivity contribution in [1.29, 1.82) is 0 Å². The molecule has 1 amide bonds. The topological polar surface area (TPSA) is 124 Å². The molecule has 0 aromatic heterocycles. The zero-order valence-corrected chi connectivity index (χ0v) is 11.0.